The van der Waals surface area contributed by atoms with Crippen LogP contribution in [-0.2, 0) is 11.3 Å². The van der Waals surface area contributed by atoms with E-state index in [9.17, 15) is 18.4 Å². The van der Waals surface area contributed by atoms with Gasteiger partial charge < -0.3 is 9.42 Å². The van der Waals surface area contributed by atoms with Gasteiger partial charge in [-0.3, -0.25) is 9.59 Å². The number of carbonyl (C=O) groups is 2. The van der Waals surface area contributed by atoms with Gasteiger partial charge in [0.05, 0.1) is 23.5 Å². The monoisotopic (exact) mass is 292 g/mol. The Labute approximate surface area is 118 Å². The van der Waals surface area contributed by atoms with Crippen molar-refractivity contribution in [2.24, 2.45) is 0 Å². The summed E-state index contributed by atoms with van der Waals surface area (Å²) in [4.78, 5) is 25.0. The second-order valence-corrected chi connectivity index (χ2v) is 4.81. The molecule has 1 aliphatic rings. The Morgan fingerprint density at radius 1 is 1.19 bits per heavy atom. The van der Waals surface area contributed by atoms with Gasteiger partial charge in [0.15, 0.2) is 11.6 Å². The van der Waals surface area contributed by atoms with Crippen LogP contribution >= 0.6 is 0 Å². The zero-order chi connectivity index (χ0) is 15.3. The number of amides is 1. The molecule has 0 unspecified atom stereocenters. The molecule has 108 valence electrons. The average molecular weight is 292 g/mol. The molecule has 0 aliphatic carbocycles. The molecule has 0 radical (unpaired) electrons. The first-order valence-corrected chi connectivity index (χ1v) is 6.17. The molecule has 5 nitrogen and oxygen atoms in total. The van der Waals surface area contributed by atoms with Crippen molar-refractivity contribution in [3.05, 3.63) is 46.3 Å². The van der Waals surface area contributed by atoms with Crippen molar-refractivity contribution >= 4 is 17.4 Å². The summed E-state index contributed by atoms with van der Waals surface area (Å²) >= 11 is 0. The molecule has 0 fully saturated rings. The van der Waals surface area contributed by atoms with Crippen molar-refractivity contribution in [1.29, 1.82) is 0 Å². The highest BCUT2D eigenvalue weighted by atomic mass is 19.2. The minimum Gasteiger partial charge on any atom is -0.361 e. The maximum absolute atomic E-state index is 13.4. The quantitative estimate of drug-likeness (QED) is 0.797. The molecule has 0 spiro atoms. The lowest BCUT2D eigenvalue weighted by molar-refractivity contribution is -0.114. The zero-order valence-corrected chi connectivity index (χ0v) is 11.2. The third-order valence-electron chi connectivity index (χ3n) is 3.51. The topological polar surface area (TPSA) is 63.4 Å². The molecule has 2 aromatic rings. The van der Waals surface area contributed by atoms with E-state index in [1.54, 1.807) is 13.8 Å². The number of carbonyl (C=O) groups excluding carboxylic acids is 2. The molecule has 21 heavy (non-hydrogen) atoms. The third kappa shape index (κ3) is 1.93. The fourth-order valence-electron chi connectivity index (χ4n) is 2.33. The number of halogens is 2. The normalized spacial score (nSPS) is 14.0. The Hall–Kier alpha value is -2.57. The van der Waals surface area contributed by atoms with E-state index in [1.807, 2.05) is 0 Å². The second kappa shape index (κ2) is 4.47. The molecule has 3 rings (SSSR count). The Bertz CT molecular complexity index is 763. The number of hydrogen-bond acceptors (Lipinski definition) is 4. The standard InChI is InChI=1S/C14H10F2N2O3/c1-6-9(7(2)21-17-6)5-18-12-4-11(16)10(15)3-8(12)13(19)14(18)20/h3-4H,5H2,1-2H3. The highest BCUT2D eigenvalue weighted by Gasteiger charge is 2.37. The molecule has 2 heterocycles. The molecule has 0 bridgehead atoms. The van der Waals surface area contributed by atoms with E-state index in [4.69, 9.17) is 4.52 Å². The SMILES string of the molecule is Cc1noc(C)c1CN1C(=O)C(=O)c2cc(F)c(F)cc21. The van der Waals surface area contributed by atoms with Gasteiger partial charge in [0.2, 0.25) is 0 Å². The molecule has 1 amide bonds. The molecule has 0 N–H and O–H groups in total. The lowest BCUT2D eigenvalue weighted by Gasteiger charge is -2.16. The fraction of sp³-hybridized carbons (Fsp3) is 0.214. The van der Waals surface area contributed by atoms with E-state index in [0.717, 1.165) is 17.0 Å². The van der Waals surface area contributed by atoms with Gasteiger partial charge in [-0.2, -0.15) is 0 Å². The highest BCUT2D eigenvalue weighted by Crippen LogP contribution is 2.33. The molecule has 0 atom stereocenters. The highest BCUT2D eigenvalue weighted by molar-refractivity contribution is 6.52. The van der Waals surface area contributed by atoms with Crippen molar-refractivity contribution in [3.8, 4) is 0 Å². The molecular weight excluding hydrogens is 282 g/mol. The van der Waals surface area contributed by atoms with Gasteiger partial charge in [0.25, 0.3) is 11.7 Å². The van der Waals surface area contributed by atoms with Crippen LogP contribution in [0.15, 0.2) is 16.7 Å². The number of nitrogens with zero attached hydrogens (tertiary/aromatic N) is 2. The summed E-state index contributed by atoms with van der Waals surface area (Å²) in [7, 11) is 0. The first-order valence-electron chi connectivity index (χ1n) is 6.17. The van der Waals surface area contributed by atoms with Crippen LogP contribution in [0.3, 0.4) is 0 Å². The second-order valence-electron chi connectivity index (χ2n) is 4.81. The van der Waals surface area contributed by atoms with E-state index in [2.05, 4.69) is 5.16 Å². The molecule has 1 aromatic heterocycles. The summed E-state index contributed by atoms with van der Waals surface area (Å²) in [6.07, 6.45) is 0. The summed E-state index contributed by atoms with van der Waals surface area (Å²) in [5.74, 6) is -3.44. The van der Waals surface area contributed by atoms with Gasteiger partial charge in [0, 0.05) is 11.6 Å². The number of benzene rings is 1. The van der Waals surface area contributed by atoms with Crippen LogP contribution in [-0.4, -0.2) is 16.8 Å². The van der Waals surface area contributed by atoms with E-state index in [0.29, 0.717) is 17.0 Å². The molecule has 0 saturated heterocycles. The van der Waals surface area contributed by atoms with Crippen molar-refractivity contribution in [2.75, 3.05) is 4.90 Å². The first kappa shape index (κ1) is 13.4. The van der Waals surface area contributed by atoms with E-state index in [-0.39, 0.29) is 17.8 Å². The van der Waals surface area contributed by atoms with Gasteiger partial charge in [-0.15, -0.1) is 0 Å². The lowest BCUT2D eigenvalue weighted by Crippen LogP contribution is -2.29. The molecule has 1 aliphatic heterocycles. The van der Waals surface area contributed by atoms with Crippen LogP contribution in [0.4, 0.5) is 14.5 Å². The summed E-state index contributed by atoms with van der Waals surface area (Å²) < 4.78 is 31.6. The van der Waals surface area contributed by atoms with Gasteiger partial charge in [-0.05, 0) is 19.9 Å². The summed E-state index contributed by atoms with van der Waals surface area (Å²) in [6.45, 7) is 3.38. The number of aromatic nitrogens is 1. The Balaban J connectivity index is 2.08. The van der Waals surface area contributed by atoms with E-state index >= 15 is 0 Å². The van der Waals surface area contributed by atoms with Crippen LogP contribution in [0.2, 0.25) is 0 Å². The molecular formula is C14H10F2N2O3. The number of fused-ring (bicyclic) bond motifs is 1. The van der Waals surface area contributed by atoms with Gasteiger partial charge in [-0.1, -0.05) is 5.16 Å². The summed E-state index contributed by atoms with van der Waals surface area (Å²) in [6, 6.07) is 1.60. The van der Waals surface area contributed by atoms with Gasteiger partial charge in [0.1, 0.15) is 5.76 Å². The van der Waals surface area contributed by atoms with E-state index < -0.39 is 23.3 Å². The number of ketones is 1. The summed E-state index contributed by atoms with van der Waals surface area (Å²) in [5, 5.41) is 3.76. The number of aryl methyl sites for hydroxylation is 2. The minimum absolute atomic E-state index is 0.0177. The molecule has 0 saturated carbocycles. The summed E-state index contributed by atoms with van der Waals surface area (Å²) in [5.41, 5.74) is 1.13. The Kier molecular flexibility index (Phi) is 2.86. The fourth-order valence-corrected chi connectivity index (χ4v) is 2.33. The molecule has 1 aromatic carbocycles. The van der Waals surface area contributed by atoms with Crippen molar-refractivity contribution in [1.82, 2.24) is 5.16 Å². The van der Waals surface area contributed by atoms with Crippen LogP contribution in [0, 0.1) is 25.5 Å². The smallest absolute Gasteiger partial charge is 0.299 e. The predicted octanol–water partition coefficient (Wildman–Crippen LogP) is 2.30. The maximum Gasteiger partial charge on any atom is 0.299 e. The molecule has 7 heteroatoms. The van der Waals surface area contributed by atoms with Crippen molar-refractivity contribution < 1.29 is 22.9 Å². The van der Waals surface area contributed by atoms with E-state index in [1.165, 1.54) is 0 Å². The third-order valence-corrected chi connectivity index (χ3v) is 3.51. The van der Waals surface area contributed by atoms with Crippen LogP contribution < -0.4 is 4.90 Å². The predicted molar refractivity (Wildman–Crippen MR) is 67.9 cm³/mol. The van der Waals surface area contributed by atoms with Crippen LogP contribution in [0.5, 0.6) is 0 Å². The first-order chi connectivity index (χ1) is 9.90. The number of rotatable bonds is 2. The number of anilines is 1. The number of Topliss-reactive ketones (excluding diaryl/α,β-unsaturated/α-hetero) is 1. The lowest BCUT2D eigenvalue weighted by atomic mass is 10.1. The minimum atomic E-state index is -1.16. The number of hydrogen-bond donors (Lipinski definition) is 0. The van der Waals surface area contributed by atoms with Crippen LogP contribution in [0.1, 0.15) is 27.4 Å². The van der Waals surface area contributed by atoms with Crippen LogP contribution in [0.25, 0.3) is 0 Å². The zero-order valence-electron chi connectivity index (χ0n) is 11.2. The maximum atomic E-state index is 13.4. The Morgan fingerprint density at radius 2 is 1.86 bits per heavy atom. The van der Waals surface area contributed by atoms with Gasteiger partial charge in [-0.25, -0.2) is 8.78 Å². The Morgan fingerprint density at radius 3 is 2.48 bits per heavy atom. The largest absolute Gasteiger partial charge is 0.361 e. The van der Waals surface area contributed by atoms with Crippen molar-refractivity contribution in [2.45, 2.75) is 20.4 Å². The van der Waals surface area contributed by atoms with Crippen molar-refractivity contribution in [3.63, 3.8) is 0 Å². The average Bonchev–Trinajstić information content (AvgIpc) is 2.86. The van der Waals surface area contributed by atoms with Gasteiger partial charge >= 0.3 is 0 Å².